The summed E-state index contributed by atoms with van der Waals surface area (Å²) in [4.78, 5) is 11.2. The van der Waals surface area contributed by atoms with Crippen LogP contribution in [0.2, 0.25) is 0 Å². The van der Waals surface area contributed by atoms with Gasteiger partial charge in [0.25, 0.3) is 0 Å². The second kappa shape index (κ2) is 3.54. The molecule has 0 bridgehead atoms. The molecule has 15 heavy (non-hydrogen) atoms. The lowest BCUT2D eigenvalue weighted by atomic mass is 9.76. The summed E-state index contributed by atoms with van der Waals surface area (Å²) in [6.45, 7) is 3.93. The lowest BCUT2D eigenvalue weighted by molar-refractivity contribution is -0.140. The van der Waals surface area contributed by atoms with Gasteiger partial charge in [-0.25, -0.2) is 0 Å². The third-order valence-electron chi connectivity index (χ3n) is 2.93. The van der Waals surface area contributed by atoms with Gasteiger partial charge in [0.05, 0.1) is 11.5 Å². The van der Waals surface area contributed by atoms with Crippen LogP contribution in [-0.2, 0) is 4.79 Å². The van der Waals surface area contributed by atoms with Crippen LogP contribution in [-0.4, -0.2) is 11.9 Å². The zero-order valence-electron chi connectivity index (χ0n) is 9.03. The molecule has 0 radical (unpaired) electrons. The first-order valence-corrected chi connectivity index (χ1v) is 5.15. The maximum Gasteiger partial charge on any atom is 0.228 e. The Bertz CT molecular complexity index is 392. The molecule has 2 rings (SSSR count). The highest BCUT2D eigenvalue weighted by Gasteiger charge is 2.45. The lowest BCUT2D eigenvalue weighted by Gasteiger charge is -2.42. The molecule has 1 aliphatic heterocycles. The maximum absolute atomic E-state index is 11.2. The quantitative estimate of drug-likeness (QED) is 0.730. The smallest absolute Gasteiger partial charge is 0.228 e. The third kappa shape index (κ3) is 1.80. The molecule has 1 saturated heterocycles. The Balaban J connectivity index is 2.05. The van der Waals surface area contributed by atoms with Crippen molar-refractivity contribution in [1.82, 2.24) is 5.32 Å². The first kappa shape index (κ1) is 9.97. The third-order valence-corrected chi connectivity index (χ3v) is 2.93. The first-order valence-electron chi connectivity index (χ1n) is 5.15. The molecule has 0 aromatic heterocycles. The maximum atomic E-state index is 11.2. The number of nitrogens with one attached hydrogen (secondary N) is 1. The first-order chi connectivity index (χ1) is 7.10. The Hall–Kier alpha value is -1.57. The van der Waals surface area contributed by atoms with Gasteiger partial charge in [-0.1, -0.05) is 42.5 Å². The Morgan fingerprint density at radius 3 is 2.47 bits per heavy atom. The summed E-state index contributed by atoms with van der Waals surface area (Å²) in [6, 6.07) is 10.2. The van der Waals surface area contributed by atoms with Crippen molar-refractivity contribution >= 4 is 12.0 Å². The minimum atomic E-state index is -0.259. The van der Waals surface area contributed by atoms with Gasteiger partial charge in [0.15, 0.2) is 0 Å². The lowest BCUT2D eigenvalue weighted by Crippen LogP contribution is -2.63. The highest BCUT2D eigenvalue weighted by Crippen LogP contribution is 2.30. The van der Waals surface area contributed by atoms with Gasteiger partial charge in [0.1, 0.15) is 0 Å². The van der Waals surface area contributed by atoms with Crippen molar-refractivity contribution in [2.45, 2.75) is 19.9 Å². The van der Waals surface area contributed by atoms with E-state index in [0.29, 0.717) is 0 Å². The normalized spacial score (nSPS) is 23.6. The topological polar surface area (TPSA) is 29.1 Å². The zero-order chi connectivity index (χ0) is 10.9. The summed E-state index contributed by atoms with van der Waals surface area (Å²) < 4.78 is 0. The van der Waals surface area contributed by atoms with E-state index in [1.807, 2.05) is 50.3 Å². The largest absolute Gasteiger partial charge is 0.348 e. The molecule has 1 heterocycles. The van der Waals surface area contributed by atoms with Crippen molar-refractivity contribution in [2.75, 3.05) is 0 Å². The van der Waals surface area contributed by atoms with E-state index in [2.05, 4.69) is 11.4 Å². The average molecular weight is 201 g/mol. The van der Waals surface area contributed by atoms with Crippen LogP contribution in [0.4, 0.5) is 0 Å². The summed E-state index contributed by atoms with van der Waals surface area (Å²) in [5.74, 6) is 0.130. The summed E-state index contributed by atoms with van der Waals surface area (Å²) in [5, 5.41) is 2.88. The van der Waals surface area contributed by atoms with Crippen LogP contribution >= 0.6 is 0 Å². The van der Waals surface area contributed by atoms with Crippen molar-refractivity contribution in [2.24, 2.45) is 5.41 Å². The summed E-state index contributed by atoms with van der Waals surface area (Å²) >= 11 is 0. The van der Waals surface area contributed by atoms with E-state index in [0.717, 1.165) is 5.56 Å². The molecule has 1 fully saturated rings. The number of β-lactam (4-membered cyclic amide) rings is 1. The van der Waals surface area contributed by atoms with Gasteiger partial charge in [0, 0.05) is 0 Å². The molecule has 2 nitrogen and oxygen atoms in total. The van der Waals surface area contributed by atoms with Gasteiger partial charge in [-0.3, -0.25) is 4.79 Å². The van der Waals surface area contributed by atoms with E-state index >= 15 is 0 Å². The number of carbonyl (C=O) groups excluding carboxylic acids is 1. The van der Waals surface area contributed by atoms with Crippen molar-refractivity contribution in [1.29, 1.82) is 0 Å². The molecular weight excluding hydrogens is 186 g/mol. The highest BCUT2D eigenvalue weighted by atomic mass is 16.2. The van der Waals surface area contributed by atoms with E-state index in [1.165, 1.54) is 0 Å². The zero-order valence-corrected chi connectivity index (χ0v) is 9.03. The molecule has 1 N–H and O–H groups in total. The molecule has 78 valence electrons. The molecule has 2 heteroatoms. The van der Waals surface area contributed by atoms with Gasteiger partial charge in [0.2, 0.25) is 5.91 Å². The summed E-state index contributed by atoms with van der Waals surface area (Å²) in [6.07, 6.45) is 4.10. The number of rotatable bonds is 2. The Morgan fingerprint density at radius 1 is 1.27 bits per heavy atom. The van der Waals surface area contributed by atoms with Crippen LogP contribution in [0.15, 0.2) is 36.4 Å². The molecule has 0 spiro atoms. The molecule has 1 aliphatic rings. The van der Waals surface area contributed by atoms with Crippen LogP contribution < -0.4 is 5.32 Å². The minimum Gasteiger partial charge on any atom is -0.348 e. The van der Waals surface area contributed by atoms with Crippen molar-refractivity contribution < 1.29 is 4.79 Å². The van der Waals surface area contributed by atoms with Gasteiger partial charge in [-0.2, -0.15) is 0 Å². The van der Waals surface area contributed by atoms with Crippen LogP contribution in [0, 0.1) is 5.41 Å². The average Bonchev–Trinajstić information content (AvgIpc) is 2.25. The molecule has 1 atom stereocenters. The second-order valence-corrected chi connectivity index (χ2v) is 4.44. The fourth-order valence-corrected chi connectivity index (χ4v) is 1.63. The predicted octanol–water partition coefficient (Wildman–Crippen LogP) is 2.22. The molecular formula is C13H15NO. The van der Waals surface area contributed by atoms with Crippen molar-refractivity contribution in [3.05, 3.63) is 42.0 Å². The number of hydrogen-bond donors (Lipinski definition) is 1. The van der Waals surface area contributed by atoms with Crippen molar-refractivity contribution in [3.8, 4) is 0 Å². The van der Waals surface area contributed by atoms with E-state index in [-0.39, 0.29) is 17.4 Å². The van der Waals surface area contributed by atoms with Crippen LogP contribution in [0.3, 0.4) is 0 Å². The molecule has 1 aromatic carbocycles. The molecule has 1 aromatic rings. The second-order valence-electron chi connectivity index (χ2n) is 4.44. The van der Waals surface area contributed by atoms with E-state index in [9.17, 15) is 4.79 Å². The van der Waals surface area contributed by atoms with Crippen molar-refractivity contribution in [3.63, 3.8) is 0 Å². The predicted molar refractivity (Wildman–Crippen MR) is 61.2 cm³/mol. The van der Waals surface area contributed by atoms with E-state index in [4.69, 9.17) is 0 Å². The van der Waals surface area contributed by atoms with Gasteiger partial charge >= 0.3 is 0 Å². The van der Waals surface area contributed by atoms with Gasteiger partial charge < -0.3 is 5.32 Å². The van der Waals surface area contributed by atoms with E-state index < -0.39 is 0 Å². The number of hydrogen-bond acceptors (Lipinski definition) is 1. The Morgan fingerprint density at radius 2 is 1.93 bits per heavy atom. The molecule has 0 aliphatic carbocycles. The standard InChI is InChI=1S/C13H15NO/c1-13(2)11(14-12(13)15)9-8-10-6-4-3-5-7-10/h3-9,11H,1-2H3,(H,14,15). The fourth-order valence-electron chi connectivity index (χ4n) is 1.63. The summed E-state index contributed by atoms with van der Waals surface area (Å²) in [7, 11) is 0. The van der Waals surface area contributed by atoms with Gasteiger partial charge in [-0.05, 0) is 19.4 Å². The summed E-state index contributed by atoms with van der Waals surface area (Å²) in [5.41, 5.74) is 0.903. The minimum absolute atomic E-state index is 0.130. The van der Waals surface area contributed by atoms with Crippen LogP contribution in [0.25, 0.3) is 6.08 Å². The number of carbonyl (C=O) groups is 1. The molecule has 1 amide bonds. The molecule has 1 unspecified atom stereocenters. The van der Waals surface area contributed by atoms with Gasteiger partial charge in [-0.15, -0.1) is 0 Å². The highest BCUT2D eigenvalue weighted by molar-refractivity contribution is 5.90. The van der Waals surface area contributed by atoms with E-state index in [1.54, 1.807) is 0 Å². The monoisotopic (exact) mass is 201 g/mol. The fraction of sp³-hybridized carbons (Fsp3) is 0.308. The number of benzene rings is 1. The number of amides is 1. The van der Waals surface area contributed by atoms with Crippen LogP contribution in [0.1, 0.15) is 19.4 Å². The molecule has 0 saturated carbocycles. The Labute approximate surface area is 90.0 Å². The Kier molecular flexibility index (Phi) is 2.35. The SMILES string of the molecule is CC1(C)C(=O)NC1C=Cc1ccccc1. The van der Waals surface area contributed by atoms with Crippen LogP contribution in [0.5, 0.6) is 0 Å².